The molecule has 0 nitrogen and oxygen atoms in total. The third-order valence-electron chi connectivity index (χ3n) is 10.3. The molecule has 0 N–H and O–H groups in total. The largest absolute Gasteiger partial charge is 0.0622 e. The Labute approximate surface area is 308 Å². The highest BCUT2D eigenvalue weighted by molar-refractivity contribution is 6.29. The van der Waals surface area contributed by atoms with E-state index in [1.54, 1.807) is 0 Å². The molecule has 0 heterocycles. The van der Waals surface area contributed by atoms with Crippen LogP contribution in [0.1, 0.15) is 74.9 Å². The summed E-state index contributed by atoms with van der Waals surface area (Å²) >= 11 is 0. The minimum Gasteiger partial charge on any atom is -0.0622 e. The van der Waals surface area contributed by atoms with Crippen LogP contribution in [0, 0.1) is 23.7 Å². The van der Waals surface area contributed by atoms with Gasteiger partial charge in [-0.2, -0.15) is 0 Å². The topological polar surface area (TPSA) is 0 Å². The van der Waals surface area contributed by atoms with Crippen LogP contribution in [0.3, 0.4) is 0 Å². The van der Waals surface area contributed by atoms with Crippen molar-refractivity contribution in [1.82, 2.24) is 0 Å². The zero-order valence-corrected chi connectivity index (χ0v) is 30.9. The second-order valence-electron chi connectivity index (χ2n) is 15.9. The average Bonchev–Trinajstić information content (AvgIpc) is 3.15. The van der Waals surface area contributed by atoms with E-state index in [0.717, 1.165) is 33.0 Å². The van der Waals surface area contributed by atoms with Crippen molar-refractivity contribution in [2.24, 2.45) is 0 Å². The average molecular weight is 667 g/mol. The molecular formula is C52H42. The quantitative estimate of drug-likeness (QED) is 0.127. The van der Waals surface area contributed by atoms with Crippen molar-refractivity contribution in [2.75, 3.05) is 0 Å². The van der Waals surface area contributed by atoms with Crippen molar-refractivity contribution in [3.63, 3.8) is 0 Å². The Morgan fingerprint density at radius 1 is 0.346 bits per heavy atom. The highest BCUT2D eigenvalue weighted by atomic mass is 14.2. The summed E-state index contributed by atoms with van der Waals surface area (Å²) in [7, 11) is 0. The van der Waals surface area contributed by atoms with E-state index in [9.17, 15) is 0 Å². The maximum absolute atomic E-state index is 3.63. The fourth-order valence-corrected chi connectivity index (χ4v) is 7.30. The van der Waals surface area contributed by atoms with E-state index in [-0.39, 0.29) is 10.8 Å². The lowest BCUT2D eigenvalue weighted by Gasteiger charge is -2.19. The van der Waals surface area contributed by atoms with E-state index in [4.69, 9.17) is 0 Å². The standard InChI is InChI=1S/C52H42/c1-51(2,3)41-25-19-35(20-26-41)17-23-39-33-47(37-13-9-7-10-14-37)45-32-30-44-40(24-18-36-21-27-42(28-22-36)52(4,5)6)34-48(38-15-11-8-12-16-38)46-31-29-43(39)49(45)50(44)46/h7-16,19-22,25-34H,1-6H3. The fraction of sp³-hybridized carbons (Fsp3) is 0.154. The molecule has 0 spiro atoms. The zero-order valence-electron chi connectivity index (χ0n) is 30.9. The summed E-state index contributed by atoms with van der Waals surface area (Å²) < 4.78 is 0. The molecule has 8 rings (SSSR count). The Morgan fingerprint density at radius 3 is 1.04 bits per heavy atom. The molecule has 0 radical (unpaired) electrons. The molecule has 250 valence electrons. The lowest BCUT2D eigenvalue weighted by atomic mass is 9.84. The number of hydrogen-bond acceptors (Lipinski definition) is 0. The summed E-state index contributed by atoms with van der Waals surface area (Å²) in [6.45, 7) is 13.5. The van der Waals surface area contributed by atoms with Crippen LogP contribution in [0.4, 0.5) is 0 Å². The number of benzene rings is 8. The molecule has 8 aromatic carbocycles. The molecule has 0 saturated carbocycles. The minimum atomic E-state index is 0.0985. The second kappa shape index (κ2) is 12.9. The van der Waals surface area contributed by atoms with Gasteiger partial charge in [0.15, 0.2) is 0 Å². The first-order chi connectivity index (χ1) is 25.0. The zero-order chi connectivity index (χ0) is 36.0. The molecular weight excluding hydrogens is 625 g/mol. The molecule has 0 aliphatic rings. The third kappa shape index (κ3) is 6.23. The number of hydrogen-bond donors (Lipinski definition) is 0. The van der Waals surface area contributed by atoms with Crippen molar-refractivity contribution in [3.05, 3.63) is 179 Å². The minimum absolute atomic E-state index is 0.0985. The SMILES string of the molecule is CC(C)(C)c1ccc(C#Cc2cc(-c3ccccc3)c3ccc4c(C#Cc5ccc(C(C)(C)C)cc5)cc(-c5ccccc5)c5ccc2c3c45)cc1. The summed E-state index contributed by atoms with van der Waals surface area (Å²) in [6.07, 6.45) is 0. The highest BCUT2D eigenvalue weighted by Crippen LogP contribution is 2.44. The van der Waals surface area contributed by atoms with Gasteiger partial charge < -0.3 is 0 Å². The maximum Gasteiger partial charge on any atom is 0.0334 e. The molecule has 8 aromatic rings. The molecule has 0 amide bonds. The van der Waals surface area contributed by atoms with Gasteiger partial charge in [-0.1, -0.05) is 174 Å². The Hall–Kier alpha value is -6.08. The number of rotatable bonds is 2. The molecule has 0 bridgehead atoms. The van der Waals surface area contributed by atoms with Crippen LogP contribution in [0.15, 0.2) is 146 Å². The highest BCUT2D eigenvalue weighted by Gasteiger charge is 2.19. The molecule has 0 aliphatic heterocycles. The van der Waals surface area contributed by atoms with Gasteiger partial charge in [-0.25, -0.2) is 0 Å². The van der Waals surface area contributed by atoms with Gasteiger partial charge in [-0.05, 0) is 113 Å². The van der Waals surface area contributed by atoms with Gasteiger partial charge in [0, 0.05) is 22.3 Å². The van der Waals surface area contributed by atoms with E-state index in [1.807, 2.05) is 0 Å². The summed E-state index contributed by atoms with van der Waals surface area (Å²) in [5, 5.41) is 7.24. The van der Waals surface area contributed by atoms with Gasteiger partial charge >= 0.3 is 0 Å². The molecule has 0 saturated heterocycles. The Balaban J connectivity index is 1.40. The smallest absolute Gasteiger partial charge is 0.0334 e. The molecule has 0 aliphatic carbocycles. The van der Waals surface area contributed by atoms with Crippen LogP contribution < -0.4 is 0 Å². The van der Waals surface area contributed by atoms with Crippen molar-refractivity contribution in [1.29, 1.82) is 0 Å². The Kier molecular flexibility index (Phi) is 8.22. The van der Waals surface area contributed by atoms with Gasteiger partial charge in [0.25, 0.3) is 0 Å². The molecule has 0 fully saturated rings. The Bertz CT molecular complexity index is 2500. The van der Waals surface area contributed by atoms with Gasteiger partial charge in [0.1, 0.15) is 0 Å². The lowest BCUT2D eigenvalue weighted by molar-refractivity contribution is 0.590. The van der Waals surface area contributed by atoms with Crippen molar-refractivity contribution in [2.45, 2.75) is 52.4 Å². The van der Waals surface area contributed by atoms with Crippen LogP contribution in [0.5, 0.6) is 0 Å². The van der Waals surface area contributed by atoms with Gasteiger partial charge in [-0.3, -0.25) is 0 Å². The maximum atomic E-state index is 3.63. The van der Waals surface area contributed by atoms with Crippen LogP contribution in [-0.2, 0) is 10.8 Å². The van der Waals surface area contributed by atoms with Crippen LogP contribution in [0.25, 0.3) is 54.6 Å². The Morgan fingerprint density at radius 2 is 0.692 bits per heavy atom. The van der Waals surface area contributed by atoms with E-state index >= 15 is 0 Å². The molecule has 0 heteroatoms. The summed E-state index contributed by atoms with van der Waals surface area (Å²) in [6, 6.07) is 52.5. The first kappa shape index (κ1) is 33.1. The molecule has 52 heavy (non-hydrogen) atoms. The summed E-state index contributed by atoms with van der Waals surface area (Å²) in [5.41, 5.74) is 11.6. The van der Waals surface area contributed by atoms with Gasteiger partial charge in [0.05, 0.1) is 0 Å². The van der Waals surface area contributed by atoms with Crippen molar-refractivity contribution in [3.8, 4) is 45.9 Å². The second-order valence-corrected chi connectivity index (χ2v) is 15.9. The van der Waals surface area contributed by atoms with E-state index in [0.29, 0.717) is 0 Å². The molecule has 0 atom stereocenters. The van der Waals surface area contributed by atoms with Gasteiger partial charge in [0.2, 0.25) is 0 Å². The summed E-state index contributed by atoms with van der Waals surface area (Å²) in [4.78, 5) is 0. The van der Waals surface area contributed by atoms with Crippen LogP contribution in [0.2, 0.25) is 0 Å². The first-order valence-corrected chi connectivity index (χ1v) is 18.2. The van der Waals surface area contributed by atoms with Crippen molar-refractivity contribution < 1.29 is 0 Å². The van der Waals surface area contributed by atoms with Crippen LogP contribution in [-0.4, -0.2) is 0 Å². The lowest BCUT2D eigenvalue weighted by Crippen LogP contribution is -2.10. The van der Waals surface area contributed by atoms with Gasteiger partial charge in [-0.15, -0.1) is 0 Å². The van der Waals surface area contributed by atoms with Crippen molar-refractivity contribution >= 4 is 32.3 Å². The molecule has 0 aromatic heterocycles. The predicted octanol–water partition coefficient (Wildman–Crippen LogP) is 13.3. The first-order valence-electron chi connectivity index (χ1n) is 18.2. The summed E-state index contributed by atoms with van der Waals surface area (Å²) in [5.74, 6) is 14.3. The predicted molar refractivity (Wildman–Crippen MR) is 223 cm³/mol. The fourth-order valence-electron chi connectivity index (χ4n) is 7.30. The van der Waals surface area contributed by atoms with E-state index < -0.39 is 0 Å². The monoisotopic (exact) mass is 666 g/mol. The molecule has 0 unspecified atom stereocenters. The normalized spacial score (nSPS) is 11.7. The van der Waals surface area contributed by atoms with E-state index in [2.05, 4.69) is 211 Å². The van der Waals surface area contributed by atoms with Crippen LogP contribution >= 0.6 is 0 Å². The third-order valence-corrected chi connectivity index (χ3v) is 10.3. The van der Waals surface area contributed by atoms with E-state index in [1.165, 1.54) is 54.9 Å².